The number of anilines is 1. The first-order valence-electron chi connectivity index (χ1n) is 4.10. The molecule has 1 aromatic carbocycles. The van der Waals surface area contributed by atoms with E-state index in [9.17, 15) is 0 Å². The van der Waals surface area contributed by atoms with Crippen LogP contribution >= 0.6 is 12.4 Å². The summed E-state index contributed by atoms with van der Waals surface area (Å²) in [7, 11) is 0. The molecule has 0 aliphatic carbocycles. The molecule has 0 bridgehead atoms. The van der Waals surface area contributed by atoms with E-state index in [1.54, 1.807) is 0 Å². The van der Waals surface area contributed by atoms with E-state index in [4.69, 9.17) is 5.84 Å². The Morgan fingerprint density at radius 3 is 2.38 bits per heavy atom. The standard InChI is InChI=1S/C10H14N2.ClH/c1-2-3-4-9-5-7-10(12-11)8-6-9;/h3-8,12H,2,11H2,1H3;1H. The summed E-state index contributed by atoms with van der Waals surface area (Å²) in [6.07, 6.45) is 5.29. The molecule has 0 spiro atoms. The maximum Gasteiger partial charge on any atom is 0.0485 e. The molecule has 0 aliphatic heterocycles. The molecule has 1 aromatic rings. The smallest absolute Gasteiger partial charge is 0.0485 e. The summed E-state index contributed by atoms with van der Waals surface area (Å²) >= 11 is 0. The largest absolute Gasteiger partial charge is 0.324 e. The zero-order valence-electron chi connectivity index (χ0n) is 7.66. The van der Waals surface area contributed by atoms with Gasteiger partial charge in [-0.05, 0) is 24.1 Å². The first-order chi connectivity index (χ1) is 5.86. The summed E-state index contributed by atoms with van der Waals surface area (Å²) in [6, 6.07) is 7.97. The van der Waals surface area contributed by atoms with Gasteiger partial charge in [0, 0.05) is 5.69 Å². The van der Waals surface area contributed by atoms with Crippen LogP contribution in [0.1, 0.15) is 18.9 Å². The summed E-state index contributed by atoms with van der Waals surface area (Å²) in [6.45, 7) is 2.12. The van der Waals surface area contributed by atoms with E-state index in [0.29, 0.717) is 0 Å². The molecular formula is C10H15ClN2. The van der Waals surface area contributed by atoms with Crippen molar-refractivity contribution in [3.05, 3.63) is 35.9 Å². The van der Waals surface area contributed by atoms with Crippen LogP contribution in [0.3, 0.4) is 0 Å². The predicted octanol–water partition coefficient (Wildman–Crippen LogP) is 2.82. The average molecular weight is 199 g/mol. The topological polar surface area (TPSA) is 38.0 Å². The van der Waals surface area contributed by atoms with Gasteiger partial charge >= 0.3 is 0 Å². The van der Waals surface area contributed by atoms with Crippen LogP contribution in [-0.2, 0) is 0 Å². The van der Waals surface area contributed by atoms with Gasteiger partial charge in [-0.2, -0.15) is 0 Å². The number of halogens is 1. The van der Waals surface area contributed by atoms with Crippen LogP contribution < -0.4 is 11.3 Å². The first-order valence-corrected chi connectivity index (χ1v) is 4.10. The molecule has 2 nitrogen and oxygen atoms in total. The lowest BCUT2D eigenvalue weighted by Crippen LogP contribution is -2.05. The van der Waals surface area contributed by atoms with Crippen LogP contribution in [0.5, 0.6) is 0 Å². The lowest BCUT2D eigenvalue weighted by molar-refractivity contribution is 1.23. The quantitative estimate of drug-likeness (QED) is 0.579. The summed E-state index contributed by atoms with van der Waals surface area (Å²) in [5.41, 5.74) is 4.72. The van der Waals surface area contributed by atoms with Crippen LogP contribution in [0.25, 0.3) is 6.08 Å². The molecular weight excluding hydrogens is 184 g/mol. The number of hydrogen-bond donors (Lipinski definition) is 2. The highest BCUT2D eigenvalue weighted by Crippen LogP contribution is 2.09. The number of allylic oxidation sites excluding steroid dienone is 1. The van der Waals surface area contributed by atoms with Gasteiger partial charge in [-0.3, -0.25) is 5.84 Å². The molecule has 0 fully saturated rings. The zero-order valence-corrected chi connectivity index (χ0v) is 8.47. The molecule has 0 saturated heterocycles. The van der Waals surface area contributed by atoms with Gasteiger partial charge in [0.05, 0.1) is 0 Å². The van der Waals surface area contributed by atoms with Crippen LogP contribution in [-0.4, -0.2) is 0 Å². The number of rotatable bonds is 3. The van der Waals surface area contributed by atoms with Crippen molar-refractivity contribution in [3.8, 4) is 0 Å². The Bertz CT molecular complexity index is 254. The molecule has 13 heavy (non-hydrogen) atoms. The Morgan fingerprint density at radius 1 is 1.31 bits per heavy atom. The van der Waals surface area contributed by atoms with Crippen LogP contribution in [0.15, 0.2) is 30.3 Å². The SMILES string of the molecule is CCC=Cc1ccc(NN)cc1.Cl. The molecule has 3 N–H and O–H groups in total. The minimum absolute atomic E-state index is 0. The van der Waals surface area contributed by atoms with Crippen molar-refractivity contribution in [2.75, 3.05) is 5.43 Å². The van der Waals surface area contributed by atoms with Gasteiger partial charge < -0.3 is 5.43 Å². The van der Waals surface area contributed by atoms with Crippen molar-refractivity contribution in [3.63, 3.8) is 0 Å². The third-order valence-electron chi connectivity index (χ3n) is 1.62. The Morgan fingerprint density at radius 2 is 1.92 bits per heavy atom. The minimum Gasteiger partial charge on any atom is -0.324 e. The molecule has 0 radical (unpaired) electrons. The average Bonchev–Trinajstić information content (AvgIpc) is 2.15. The van der Waals surface area contributed by atoms with Crippen LogP contribution in [0.4, 0.5) is 5.69 Å². The highest BCUT2D eigenvalue weighted by molar-refractivity contribution is 5.85. The second-order valence-electron chi connectivity index (χ2n) is 2.58. The van der Waals surface area contributed by atoms with Crippen molar-refractivity contribution in [2.24, 2.45) is 5.84 Å². The van der Waals surface area contributed by atoms with Gasteiger partial charge in [0.15, 0.2) is 0 Å². The van der Waals surface area contributed by atoms with E-state index in [1.807, 2.05) is 24.3 Å². The number of hydrazine groups is 1. The molecule has 1 rings (SSSR count). The number of nitrogens with two attached hydrogens (primary N) is 1. The summed E-state index contributed by atoms with van der Waals surface area (Å²) in [4.78, 5) is 0. The van der Waals surface area contributed by atoms with E-state index >= 15 is 0 Å². The van der Waals surface area contributed by atoms with Gasteiger partial charge in [0.1, 0.15) is 0 Å². The maximum absolute atomic E-state index is 5.23. The predicted molar refractivity (Wildman–Crippen MR) is 60.8 cm³/mol. The molecule has 72 valence electrons. The second-order valence-corrected chi connectivity index (χ2v) is 2.58. The molecule has 0 amide bonds. The van der Waals surface area contributed by atoms with E-state index in [1.165, 1.54) is 5.56 Å². The van der Waals surface area contributed by atoms with Crippen molar-refractivity contribution in [1.29, 1.82) is 0 Å². The molecule has 0 unspecified atom stereocenters. The highest BCUT2D eigenvalue weighted by atomic mass is 35.5. The monoisotopic (exact) mass is 198 g/mol. The number of nitrogen functional groups attached to an aromatic ring is 1. The fraction of sp³-hybridized carbons (Fsp3) is 0.200. The number of hydrogen-bond acceptors (Lipinski definition) is 2. The molecule has 0 aliphatic rings. The van der Waals surface area contributed by atoms with E-state index in [2.05, 4.69) is 24.5 Å². The molecule has 0 atom stereocenters. The van der Waals surface area contributed by atoms with E-state index in [0.717, 1.165) is 12.1 Å². The Balaban J connectivity index is 0.00000144. The third kappa shape index (κ3) is 3.97. The number of nitrogens with one attached hydrogen (secondary N) is 1. The fourth-order valence-corrected chi connectivity index (χ4v) is 0.944. The number of benzene rings is 1. The van der Waals surface area contributed by atoms with Crippen LogP contribution in [0.2, 0.25) is 0 Å². The molecule has 0 heterocycles. The highest BCUT2D eigenvalue weighted by Gasteiger charge is 1.87. The lowest BCUT2D eigenvalue weighted by atomic mass is 10.2. The summed E-state index contributed by atoms with van der Waals surface area (Å²) in [5, 5.41) is 0. The Kier molecular flexibility index (Phi) is 6.02. The van der Waals surface area contributed by atoms with Gasteiger partial charge in [-0.15, -0.1) is 12.4 Å². The molecule has 3 heteroatoms. The van der Waals surface area contributed by atoms with Gasteiger partial charge in [-0.25, -0.2) is 0 Å². The van der Waals surface area contributed by atoms with Crippen LogP contribution in [0, 0.1) is 0 Å². The first kappa shape index (κ1) is 12.0. The Labute approximate surface area is 85.2 Å². The lowest BCUT2D eigenvalue weighted by Gasteiger charge is -1.98. The van der Waals surface area contributed by atoms with Gasteiger partial charge in [0.25, 0.3) is 0 Å². The zero-order chi connectivity index (χ0) is 8.81. The minimum atomic E-state index is 0. The van der Waals surface area contributed by atoms with E-state index in [-0.39, 0.29) is 12.4 Å². The molecule has 0 saturated carbocycles. The van der Waals surface area contributed by atoms with Crippen molar-refractivity contribution in [2.45, 2.75) is 13.3 Å². The van der Waals surface area contributed by atoms with Crippen molar-refractivity contribution in [1.82, 2.24) is 0 Å². The normalized spacial score (nSPS) is 9.69. The second kappa shape index (κ2) is 6.52. The van der Waals surface area contributed by atoms with E-state index < -0.39 is 0 Å². The van der Waals surface area contributed by atoms with Gasteiger partial charge in [-0.1, -0.05) is 31.2 Å². The molecule has 0 aromatic heterocycles. The van der Waals surface area contributed by atoms with Crippen molar-refractivity contribution < 1.29 is 0 Å². The fourth-order valence-electron chi connectivity index (χ4n) is 0.944. The van der Waals surface area contributed by atoms with Gasteiger partial charge in [0.2, 0.25) is 0 Å². The third-order valence-corrected chi connectivity index (χ3v) is 1.62. The Hall–Kier alpha value is -0.990. The summed E-state index contributed by atoms with van der Waals surface area (Å²) < 4.78 is 0. The maximum atomic E-state index is 5.23. The summed E-state index contributed by atoms with van der Waals surface area (Å²) in [5.74, 6) is 5.23. The van der Waals surface area contributed by atoms with Crippen molar-refractivity contribution >= 4 is 24.2 Å².